The molecule has 20 heavy (non-hydrogen) atoms. The molecule has 4 nitrogen and oxygen atoms in total. The van der Waals surface area contributed by atoms with Gasteiger partial charge in [-0.2, -0.15) is 0 Å². The van der Waals surface area contributed by atoms with E-state index >= 15 is 0 Å². The Labute approximate surface area is 123 Å². The zero-order chi connectivity index (χ0) is 14.2. The molecule has 0 aromatic rings. The maximum Gasteiger partial charge on any atom is 0.106 e. The molecule has 4 heteroatoms. The van der Waals surface area contributed by atoms with Crippen molar-refractivity contribution in [3.63, 3.8) is 0 Å². The van der Waals surface area contributed by atoms with Gasteiger partial charge in [-0.3, -0.25) is 9.80 Å². The van der Waals surface area contributed by atoms with Crippen molar-refractivity contribution in [2.45, 2.75) is 50.8 Å². The van der Waals surface area contributed by atoms with E-state index < -0.39 is 0 Å². The van der Waals surface area contributed by atoms with Gasteiger partial charge in [-0.25, -0.2) is 0 Å². The van der Waals surface area contributed by atoms with Crippen LogP contribution in [0, 0.1) is 5.92 Å². The zero-order valence-corrected chi connectivity index (χ0v) is 13.3. The van der Waals surface area contributed by atoms with Crippen molar-refractivity contribution in [3.05, 3.63) is 0 Å². The van der Waals surface area contributed by atoms with Crippen LogP contribution in [-0.2, 0) is 9.47 Å². The van der Waals surface area contributed by atoms with Gasteiger partial charge in [0, 0.05) is 51.9 Å². The van der Waals surface area contributed by atoms with E-state index in [-0.39, 0.29) is 5.60 Å². The molecule has 0 aliphatic carbocycles. The first-order valence-electron chi connectivity index (χ1n) is 8.24. The lowest BCUT2D eigenvalue weighted by Gasteiger charge is -2.48. The van der Waals surface area contributed by atoms with Crippen molar-refractivity contribution < 1.29 is 9.47 Å². The second-order valence-electron chi connectivity index (χ2n) is 7.22. The van der Waals surface area contributed by atoms with Crippen molar-refractivity contribution in [2.75, 3.05) is 46.5 Å². The monoisotopic (exact) mass is 282 g/mol. The van der Waals surface area contributed by atoms with Crippen LogP contribution in [0.3, 0.4) is 0 Å². The second-order valence-corrected chi connectivity index (χ2v) is 7.22. The molecule has 0 N–H and O–H groups in total. The highest BCUT2D eigenvalue weighted by atomic mass is 16.5. The third kappa shape index (κ3) is 2.76. The first kappa shape index (κ1) is 14.8. The van der Waals surface area contributed by atoms with Crippen LogP contribution in [0.2, 0.25) is 0 Å². The highest BCUT2D eigenvalue weighted by molar-refractivity contribution is 4.97. The maximum atomic E-state index is 5.86. The summed E-state index contributed by atoms with van der Waals surface area (Å²) in [6.45, 7) is 11.1. The number of methoxy groups -OCH3 is 1. The van der Waals surface area contributed by atoms with Crippen LogP contribution in [0.15, 0.2) is 0 Å². The average molecular weight is 282 g/mol. The van der Waals surface area contributed by atoms with Crippen LogP contribution < -0.4 is 0 Å². The minimum absolute atomic E-state index is 0.0616. The summed E-state index contributed by atoms with van der Waals surface area (Å²) in [5.41, 5.74) is -0.0616. The third-order valence-corrected chi connectivity index (χ3v) is 5.60. The van der Waals surface area contributed by atoms with Crippen molar-refractivity contribution in [3.8, 4) is 0 Å². The molecule has 3 atom stereocenters. The molecular formula is C16H30N2O2. The molecule has 0 bridgehead atoms. The lowest BCUT2D eigenvalue weighted by atomic mass is 9.94. The predicted molar refractivity (Wildman–Crippen MR) is 80.0 cm³/mol. The Bertz CT molecular complexity index is 328. The third-order valence-electron chi connectivity index (χ3n) is 5.60. The average Bonchev–Trinajstić information content (AvgIpc) is 3.06. The van der Waals surface area contributed by atoms with Gasteiger partial charge in [0.2, 0.25) is 0 Å². The number of piperazine rings is 1. The Morgan fingerprint density at radius 1 is 1.35 bits per heavy atom. The minimum Gasteiger partial charge on any atom is -0.378 e. The van der Waals surface area contributed by atoms with Crippen molar-refractivity contribution in [1.82, 2.24) is 9.80 Å². The molecule has 3 fully saturated rings. The Morgan fingerprint density at radius 2 is 2.20 bits per heavy atom. The molecule has 0 saturated carbocycles. The number of nitrogens with zero attached hydrogens (tertiary/aromatic N) is 2. The zero-order valence-electron chi connectivity index (χ0n) is 13.3. The number of fused-ring (bicyclic) bond motifs is 1. The van der Waals surface area contributed by atoms with E-state index in [9.17, 15) is 0 Å². The molecule has 3 saturated heterocycles. The largest absolute Gasteiger partial charge is 0.378 e. The van der Waals surface area contributed by atoms with Gasteiger partial charge in [-0.05, 0) is 25.3 Å². The predicted octanol–water partition coefficient (Wildman–Crippen LogP) is 1.60. The Morgan fingerprint density at radius 3 is 2.85 bits per heavy atom. The minimum atomic E-state index is -0.0616. The van der Waals surface area contributed by atoms with Crippen LogP contribution >= 0.6 is 0 Å². The van der Waals surface area contributed by atoms with Gasteiger partial charge in [-0.15, -0.1) is 0 Å². The summed E-state index contributed by atoms with van der Waals surface area (Å²) < 4.78 is 11.5. The molecule has 0 aromatic carbocycles. The highest BCUT2D eigenvalue weighted by Crippen LogP contribution is 2.31. The quantitative estimate of drug-likeness (QED) is 0.782. The smallest absolute Gasteiger partial charge is 0.106 e. The van der Waals surface area contributed by atoms with Gasteiger partial charge in [0.15, 0.2) is 0 Å². The summed E-state index contributed by atoms with van der Waals surface area (Å²) in [5, 5.41) is 0. The fourth-order valence-electron chi connectivity index (χ4n) is 4.23. The van der Waals surface area contributed by atoms with Crippen LogP contribution in [0.5, 0.6) is 0 Å². The first-order valence-corrected chi connectivity index (χ1v) is 8.24. The van der Waals surface area contributed by atoms with E-state index in [1.54, 1.807) is 0 Å². The van der Waals surface area contributed by atoms with E-state index in [4.69, 9.17) is 9.47 Å². The number of rotatable bonds is 4. The normalized spacial score (nSPS) is 39.6. The van der Waals surface area contributed by atoms with Crippen molar-refractivity contribution in [2.24, 2.45) is 5.92 Å². The molecule has 3 unspecified atom stereocenters. The molecule has 3 aliphatic heterocycles. The molecule has 3 heterocycles. The Kier molecular flexibility index (Phi) is 4.37. The number of ether oxygens (including phenoxy) is 2. The van der Waals surface area contributed by atoms with Gasteiger partial charge >= 0.3 is 0 Å². The molecule has 0 aromatic heterocycles. The van der Waals surface area contributed by atoms with E-state index in [0.717, 1.165) is 32.2 Å². The van der Waals surface area contributed by atoms with Crippen LogP contribution in [0.25, 0.3) is 0 Å². The second kappa shape index (κ2) is 5.91. The fourth-order valence-corrected chi connectivity index (χ4v) is 4.23. The van der Waals surface area contributed by atoms with E-state index in [1.165, 1.54) is 32.5 Å². The Hall–Kier alpha value is -0.160. The van der Waals surface area contributed by atoms with Gasteiger partial charge in [-0.1, -0.05) is 13.8 Å². The summed E-state index contributed by atoms with van der Waals surface area (Å²) in [6.07, 6.45) is 3.79. The highest BCUT2D eigenvalue weighted by Gasteiger charge is 2.43. The SMILES string of the molecule is COC1(CN2CC3CCCN3CC2C(C)C)CCOC1. The summed E-state index contributed by atoms with van der Waals surface area (Å²) >= 11 is 0. The maximum absolute atomic E-state index is 5.86. The summed E-state index contributed by atoms with van der Waals surface area (Å²) in [7, 11) is 1.85. The summed E-state index contributed by atoms with van der Waals surface area (Å²) in [6, 6.07) is 1.44. The number of hydrogen-bond donors (Lipinski definition) is 0. The van der Waals surface area contributed by atoms with Gasteiger partial charge in [0.1, 0.15) is 5.60 Å². The van der Waals surface area contributed by atoms with Gasteiger partial charge < -0.3 is 9.47 Å². The lowest BCUT2D eigenvalue weighted by Crippen LogP contribution is -2.61. The van der Waals surface area contributed by atoms with Crippen LogP contribution in [-0.4, -0.2) is 74.0 Å². The van der Waals surface area contributed by atoms with E-state index in [0.29, 0.717) is 12.0 Å². The molecule has 0 spiro atoms. The van der Waals surface area contributed by atoms with Crippen LogP contribution in [0.1, 0.15) is 33.1 Å². The lowest BCUT2D eigenvalue weighted by molar-refractivity contribution is -0.0716. The topological polar surface area (TPSA) is 24.9 Å². The standard InChI is InChI=1S/C16H30N2O2/c1-13(2)15-10-17-7-4-5-14(17)9-18(15)11-16(19-3)6-8-20-12-16/h13-15H,4-12H2,1-3H3. The molecular weight excluding hydrogens is 252 g/mol. The first-order chi connectivity index (χ1) is 9.63. The van der Waals surface area contributed by atoms with Crippen LogP contribution in [0.4, 0.5) is 0 Å². The molecule has 3 aliphatic rings. The van der Waals surface area contributed by atoms with Gasteiger partial charge in [0.05, 0.1) is 6.61 Å². The van der Waals surface area contributed by atoms with E-state index in [1.807, 2.05) is 7.11 Å². The Balaban J connectivity index is 1.71. The number of hydrogen-bond acceptors (Lipinski definition) is 4. The summed E-state index contributed by atoms with van der Waals surface area (Å²) in [5.74, 6) is 0.702. The van der Waals surface area contributed by atoms with E-state index in [2.05, 4.69) is 23.6 Å². The summed E-state index contributed by atoms with van der Waals surface area (Å²) in [4.78, 5) is 5.42. The molecule has 0 amide bonds. The molecule has 116 valence electrons. The molecule has 3 rings (SSSR count). The van der Waals surface area contributed by atoms with Gasteiger partial charge in [0.25, 0.3) is 0 Å². The fraction of sp³-hybridized carbons (Fsp3) is 1.00. The van der Waals surface area contributed by atoms with Crippen molar-refractivity contribution >= 4 is 0 Å². The van der Waals surface area contributed by atoms with Crippen molar-refractivity contribution in [1.29, 1.82) is 0 Å². The molecule has 0 radical (unpaired) electrons.